The fourth-order valence-electron chi connectivity index (χ4n) is 3.91. The van der Waals surface area contributed by atoms with E-state index >= 15 is 0 Å². The van der Waals surface area contributed by atoms with Crippen LogP contribution in [0, 0.1) is 11.8 Å². The van der Waals surface area contributed by atoms with E-state index in [0.717, 1.165) is 50.2 Å². The van der Waals surface area contributed by atoms with Crippen LogP contribution in [0.5, 0.6) is 0 Å². The summed E-state index contributed by atoms with van der Waals surface area (Å²) in [6.07, 6.45) is 6.64. The van der Waals surface area contributed by atoms with Gasteiger partial charge in [0.25, 0.3) is 0 Å². The van der Waals surface area contributed by atoms with Gasteiger partial charge in [-0.15, -0.1) is 0 Å². The predicted octanol–water partition coefficient (Wildman–Crippen LogP) is 0.613. The fourth-order valence-corrected chi connectivity index (χ4v) is 3.91. The first-order valence-corrected chi connectivity index (χ1v) is 8.40. The first-order valence-electron chi connectivity index (χ1n) is 8.40. The van der Waals surface area contributed by atoms with Crippen LogP contribution >= 0.6 is 0 Å². The summed E-state index contributed by atoms with van der Waals surface area (Å²) in [5.41, 5.74) is 0. The minimum absolute atomic E-state index is 0.648. The van der Waals surface area contributed by atoms with Gasteiger partial charge in [-0.2, -0.15) is 10.1 Å². The van der Waals surface area contributed by atoms with Crippen molar-refractivity contribution in [1.82, 2.24) is 34.8 Å². The maximum absolute atomic E-state index is 4.82. The quantitative estimate of drug-likeness (QED) is 0.684. The third-order valence-electron chi connectivity index (χ3n) is 5.04. The number of rotatable bonds is 4. The molecule has 0 aromatic carbocycles. The van der Waals surface area contributed by atoms with E-state index in [1.165, 1.54) is 6.39 Å². The smallest absolute Gasteiger partial charge is 0.213 e. The predicted molar refractivity (Wildman–Crippen MR) is 87.9 cm³/mol. The molecule has 2 aliphatic heterocycles. The van der Waals surface area contributed by atoms with Crippen LogP contribution in [0.25, 0.3) is 5.82 Å². The van der Waals surface area contributed by atoms with Crippen molar-refractivity contribution >= 4 is 5.82 Å². The van der Waals surface area contributed by atoms with Crippen molar-refractivity contribution in [3.8, 4) is 5.82 Å². The van der Waals surface area contributed by atoms with Gasteiger partial charge in [0.2, 0.25) is 6.39 Å². The molecule has 2 unspecified atom stereocenters. The second-order valence-electron chi connectivity index (χ2n) is 6.65. The van der Waals surface area contributed by atoms with E-state index in [1.807, 2.05) is 18.3 Å². The molecule has 2 atom stereocenters. The van der Waals surface area contributed by atoms with Crippen molar-refractivity contribution in [2.75, 3.05) is 31.1 Å². The van der Waals surface area contributed by atoms with Gasteiger partial charge in [0.15, 0.2) is 11.6 Å². The Hall–Kier alpha value is -2.81. The molecule has 5 rings (SSSR count). The highest BCUT2D eigenvalue weighted by Crippen LogP contribution is 2.33. The van der Waals surface area contributed by atoms with Gasteiger partial charge >= 0.3 is 0 Å². The van der Waals surface area contributed by atoms with Crippen LogP contribution < -0.4 is 4.90 Å². The number of hydrogen-bond acceptors (Lipinski definition) is 8. The second-order valence-corrected chi connectivity index (χ2v) is 6.65. The normalized spacial score (nSPS) is 23.3. The molecule has 9 heteroatoms. The van der Waals surface area contributed by atoms with Crippen LogP contribution in [0.4, 0.5) is 5.82 Å². The summed E-state index contributed by atoms with van der Waals surface area (Å²) in [7, 11) is 0. The summed E-state index contributed by atoms with van der Waals surface area (Å²) < 4.78 is 6.58. The van der Waals surface area contributed by atoms with Crippen LogP contribution in [0.3, 0.4) is 0 Å². The molecule has 3 aromatic heterocycles. The number of likely N-dealkylation sites (tertiary alicyclic amines) is 1. The Bertz CT molecular complexity index is 820. The molecule has 0 aliphatic carbocycles. The van der Waals surface area contributed by atoms with Crippen molar-refractivity contribution in [3.05, 3.63) is 43.1 Å². The van der Waals surface area contributed by atoms with Crippen molar-refractivity contribution in [2.45, 2.75) is 6.54 Å². The molecule has 0 spiro atoms. The van der Waals surface area contributed by atoms with E-state index in [0.29, 0.717) is 11.8 Å². The summed E-state index contributed by atoms with van der Waals surface area (Å²) in [6, 6.07) is 3.89. The molecule has 2 aliphatic rings. The third kappa shape index (κ3) is 2.76. The van der Waals surface area contributed by atoms with Gasteiger partial charge in [0.1, 0.15) is 12.1 Å². The standard InChI is InChI=1S/C16H18N8O/c1-2-20-24(3-1)16-4-15(17-10-18-16)23-7-12-5-22(6-13(12)8-23)9-14-19-11-25-21-14/h1-4,10-13H,5-9H2. The van der Waals surface area contributed by atoms with E-state index in [9.17, 15) is 0 Å². The Morgan fingerprint density at radius 2 is 1.88 bits per heavy atom. The number of fused-ring (bicyclic) bond motifs is 1. The molecule has 2 fully saturated rings. The topological polar surface area (TPSA) is 89.0 Å². The lowest BCUT2D eigenvalue weighted by molar-refractivity contribution is 0.293. The molecule has 5 heterocycles. The second kappa shape index (κ2) is 5.92. The minimum atomic E-state index is 0.648. The average molecular weight is 338 g/mol. The molecule has 2 saturated heterocycles. The zero-order chi connectivity index (χ0) is 16.6. The zero-order valence-corrected chi connectivity index (χ0v) is 13.6. The van der Waals surface area contributed by atoms with Gasteiger partial charge in [-0.25, -0.2) is 14.6 Å². The van der Waals surface area contributed by atoms with Gasteiger partial charge in [-0.3, -0.25) is 4.90 Å². The fraction of sp³-hybridized carbons (Fsp3) is 0.438. The summed E-state index contributed by atoms with van der Waals surface area (Å²) in [4.78, 5) is 17.7. The number of anilines is 1. The monoisotopic (exact) mass is 338 g/mol. The lowest BCUT2D eigenvalue weighted by Crippen LogP contribution is -2.29. The van der Waals surface area contributed by atoms with Crippen LogP contribution in [0.15, 0.2) is 41.8 Å². The van der Waals surface area contributed by atoms with Crippen LogP contribution in [-0.4, -0.2) is 61.0 Å². The van der Waals surface area contributed by atoms with Crippen LogP contribution in [0.1, 0.15) is 5.82 Å². The molecule has 0 N–H and O–H groups in total. The van der Waals surface area contributed by atoms with Crippen LogP contribution in [-0.2, 0) is 6.54 Å². The highest BCUT2D eigenvalue weighted by Gasteiger charge is 2.40. The number of hydrogen-bond donors (Lipinski definition) is 0. The van der Waals surface area contributed by atoms with Crippen LogP contribution in [0.2, 0.25) is 0 Å². The molecule has 0 amide bonds. The van der Waals surface area contributed by atoms with Gasteiger partial charge < -0.3 is 9.42 Å². The Balaban J connectivity index is 1.26. The highest BCUT2D eigenvalue weighted by molar-refractivity contribution is 5.44. The van der Waals surface area contributed by atoms with Crippen molar-refractivity contribution in [2.24, 2.45) is 11.8 Å². The SMILES string of the molecule is c1cnn(-c2cc(N3CC4CN(Cc5ncon5)CC4C3)ncn2)c1. The van der Waals surface area contributed by atoms with E-state index < -0.39 is 0 Å². The maximum Gasteiger partial charge on any atom is 0.213 e. The lowest BCUT2D eigenvalue weighted by atomic mass is 10.0. The van der Waals surface area contributed by atoms with Crippen molar-refractivity contribution in [1.29, 1.82) is 0 Å². The molecule has 0 bridgehead atoms. The summed E-state index contributed by atoms with van der Waals surface area (Å²) in [5.74, 6) is 3.83. The first-order chi connectivity index (χ1) is 12.3. The number of nitrogens with zero attached hydrogens (tertiary/aromatic N) is 8. The first kappa shape index (κ1) is 14.5. The molecule has 0 saturated carbocycles. The summed E-state index contributed by atoms with van der Waals surface area (Å²) in [5, 5.41) is 8.15. The number of aromatic nitrogens is 6. The highest BCUT2D eigenvalue weighted by atomic mass is 16.5. The van der Waals surface area contributed by atoms with Gasteiger partial charge in [0, 0.05) is 44.6 Å². The van der Waals surface area contributed by atoms with E-state index in [4.69, 9.17) is 4.52 Å². The Labute approximate surface area is 144 Å². The average Bonchev–Trinajstić information content (AvgIpc) is 3.40. The Morgan fingerprint density at radius 3 is 2.60 bits per heavy atom. The Kier molecular flexibility index (Phi) is 3.44. The summed E-state index contributed by atoms with van der Waals surface area (Å²) in [6.45, 7) is 4.92. The molecule has 25 heavy (non-hydrogen) atoms. The third-order valence-corrected chi connectivity index (χ3v) is 5.04. The van der Waals surface area contributed by atoms with Crippen molar-refractivity contribution < 1.29 is 4.52 Å². The van der Waals surface area contributed by atoms with Crippen molar-refractivity contribution in [3.63, 3.8) is 0 Å². The molecule has 3 aromatic rings. The van der Waals surface area contributed by atoms with Gasteiger partial charge in [0.05, 0.1) is 6.54 Å². The zero-order valence-electron chi connectivity index (χ0n) is 13.6. The van der Waals surface area contributed by atoms with Gasteiger partial charge in [-0.1, -0.05) is 5.16 Å². The molecular formula is C16H18N8O. The van der Waals surface area contributed by atoms with E-state index in [-0.39, 0.29) is 0 Å². The summed E-state index contributed by atoms with van der Waals surface area (Å²) >= 11 is 0. The maximum atomic E-state index is 4.82. The minimum Gasteiger partial charge on any atom is -0.356 e. The molecule has 128 valence electrons. The largest absolute Gasteiger partial charge is 0.356 e. The molecule has 0 radical (unpaired) electrons. The molecule has 9 nitrogen and oxygen atoms in total. The van der Waals surface area contributed by atoms with Gasteiger partial charge in [-0.05, 0) is 17.9 Å². The lowest BCUT2D eigenvalue weighted by Gasteiger charge is -2.21. The van der Waals surface area contributed by atoms with E-state index in [1.54, 1.807) is 17.2 Å². The molecular weight excluding hydrogens is 320 g/mol. The van der Waals surface area contributed by atoms with E-state index in [2.05, 4.69) is 35.0 Å². The Morgan fingerprint density at radius 1 is 1.04 bits per heavy atom.